The number of halogens is 1. The maximum absolute atomic E-state index is 13.3. The van der Waals surface area contributed by atoms with E-state index in [1.807, 2.05) is 17.5 Å². The molecule has 0 bridgehead atoms. The molecule has 6 heteroatoms. The van der Waals surface area contributed by atoms with Gasteiger partial charge in [0.25, 0.3) is 11.8 Å². The summed E-state index contributed by atoms with van der Waals surface area (Å²) < 4.78 is 13.3. The first-order valence-electron chi connectivity index (χ1n) is 8.17. The highest BCUT2D eigenvalue weighted by molar-refractivity contribution is 7.12. The van der Waals surface area contributed by atoms with E-state index in [-0.39, 0.29) is 11.5 Å². The summed E-state index contributed by atoms with van der Waals surface area (Å²) in [5.74, 6) is -0.884. The Bertz CT molecular complexity index is 985. The third-order valence-electron chi connectivity index (χ3n) is 4.30. The SMILES string of the molecule is O=C(Nc1ccc2c(c1)N(C(=O)c1cccs1)CC2)c1cccc(F)c1. The van der Waals surface area contributed by atoms with Crippen molar-refractivity contribution in [2.75, 3.05) is 16.8 Å². The van der Waals surface area contributed by atoms with Crippen molar-refractivity contribution < 1.29 is 14.0 Å². The van der Waals surface area contributed by atoms with Gasteiger partial charge in [0, 0.05) is 23.5 Å². The van der Waals surface area contributed by atoms with Crippen molar-refractivity contribution in [1.29, 1.82) is 0 Å². The van der Waals surface area contributed by atoms with Gasteiger partial charge in [-0.15, -0.1) is 11.3 Å². The van der Waals surface area contributed by atoms with Crippen LogP contribution in [0.15, 0.2) is 60.0 Å². The van der Waals surface area contributed by atoms with Crippen molar-refractivity contribution in [1.82, 2.24) is 0 Å². The van der Waals surface area contributed by atoms with E-state index in [0.29, 0.717) is 17.1 Å². The number of nitrogens with zero attached hydrogens (tertiary/aromatic N) is 1. The number of carbonyl (C=O) groups excluding carboxylic acids is 2. The predicted molar refractivity (Wildman–Crippen MR) is 100 cm³/mol. The lowest BCUT2D eigenvalue weighted by Gasteiger charge is -2.17. The van der Waals surface area contributed by atoms with Crippen LogP contribution in [0, 0.1) is 5.82 Å². The molecule has 0 saturated carbocycles. The molecule has 0 atom stereocenters. The fourth-order valence-electron chi connectivity index (χ4n) is 3.03. The highest BCUT2D eigenvalue weighted by atomic mass is 32.1. The predicted octanol–water partition coefficient (Wildman–Crippen LogP) is 4.34. The van der Waals surface area contributed by atoms with Crippen LogP contribution in [0.25, 0.3) is 0 Å². The molecule has 1 aliphatic heterocycles. The monoisotopic (exact) mass is 366 g/mol. The Hall–Kier alpha value is -2.99. The molecular weight excluding hydrogens is 351 g/mol. The smallest absolute Gasteiger partial charge is 0.268 e. The Morgan fingerprint density at radius 3 is 2.73 bits per heavy atom. The summed E-state index contributed by atoms with van der Waals surface area (Å²) >= 11 is 1.41. The van der Waals surface area contributed by atoms with E-state index in [0.717, 1.165) is 17.7 Å². The lowest BCUT2D eigenvalue weighted by Crippen LogP contribution is -2.28. The fourth-order valence-corrected chi connectivity index (χ4v) is 3.71. The molecule has 2 heterocycles. The second kappa shape index (κ2) is 6.72. The van der Waals surface area contributed by atoms with Crippen molar-refractivity contribution in [2.45, 2.75) is 6.42 Å². The van der Waals surface area contributed by atoms with Gasteiger partial charge in [-0.2, -0.15) is 0 Å². The summed E-state index contributed by atoms with van der Waals surface area (Å²) in [6.07, 6.45) is 0.782. The molecule has 4 nitrogen and oxygen atoms in total. The summed E-state index contributed by atoms with van der Waals surface area (Å²) in [6.45, 7) is 0.618. The molecule has 1 aliphatic rings. The Labute approximate surface area is 153 Å². The highest BCUT2D eigenvalue weighted by Gasteiger charge is 2.26. The molecule has 0 radical (unpaired) electrons. The number of nitrogens with one attached hydrogen (secondary N) is 1. The number of benzene rings is 2. The molecule has 1 aromatic heterocycles. The van der Waals surface area contributed by atoms with Crippen molar-refractivity contribution >= 4 is 34.5 Å². The molecule has 130 valence electrons. The van der Waals surface area contributed by atoms with Crippen LogP contribution in [0.2, 0.25) is 0 Å². The number of hydrogen-bond donors (Lipinski definition) is 1. The van der Waals surface area contributed by atoms with E-state index in [2.05, 4.69) is 5.32 Å². The van der Waals surface area contributed by atoms with Crippen LogP contribution in [-0.2, 0) is 6.42 Å². The Balaban J connectivity index is 1.58. The molecule has 1 N–H and O–H groups in total. The second-order valence-corrected chi connectivity index (χ2v) is 6.94. The third kappa shape index (κ3) is 3.11. The number of fused-ring (bicyclic) bond motifs is 1. The number of rotatable bonds is 3. The number of anilines is 2. The maximum Gasteiger partial charge on any atom is 0.268 e. The highest BCUT2D eigenvalue weighted by Crippen LogP contribution is 2.32. The number of amides is 2. The molecule has 3 aromatic rings. The van der Waals surface area contributed by atoms with Gasteiger partial charge < -0.3 is 10.2 Å². The third-order valence-corrected chi connectivity index (χ3v) is 5.16. The van der Waals surface area contributed by atoms with Gasteiger partial charge in [-0.3, -0.25) is 9.59 Å². The maximum atomic E-state index is 13.3. The second-order valence-electron chi connectivity index (χ2n) is 5.99. The van der Waals surface area contributed by atoms with Gasteiger partial charge in [0.15, 0.2) is 0 Å². The molecule has 0 spiro atoms. The van der Waals surface area contributed by atoms with Crippen LogP contribution in [0.5, 0.6) is 0 Å². The number of hydrogen-bond acceptors (Lipinski definition) is 3. The van der Waals surface area contributed by atoms with Crippen LogP contribution in [0.3, 0.4) is 0 Å². The number of thiophene rings is 1. The van der Waals surface area contributed by atoms with Crippen LogP contribution in [-0.4, -0.2) is 18.4 Å². The van der Waals surface area contributed by atoms with Gasteiger partial charge in [-0.1, -0.05) is 18.2 Å². The lowest BCUT2D eigenvalue weighted by atomic mass is 10.1. The fraction of sp³-hybridized carbons (Fsp3) is 0.100. The van der Waals surface area contributed by atoms with Crippen molar-refractivity contribution in [3.63, 3.8) is 0 Å². The van der Waals surface area contributed by atoms with E-state index >= 15 is 0 Å². The van der Waals surface area contributed by atoms with E-state index in [4.69, 9.17) is 0 Å². The molecule has 0 aliphatic carbocycles. The first kappa shape index (κ1) is 16.5. The van der Waals surface area contributed by atoms with Crippen molar-refractivity contribution in [3.05, 3.63) is 81.8 Å². The van der Waals surface area contributed by atoms with Crippen LogP contribution < -0.4 is 10.2 Å². The normalized spacial score (nSPS) is 12.7. The summed E-state index contributed by atoms with van der Waals surface area (Å²) in [5.41, 5.74) is 2.69. The average molecular weight is 366 g/mol. The van der Waals surface area contributed by atoms with E-state index in [1.54, 1.807) is 29.2 Å². The molecule has 0 saturated heterocycles. The van der Waals surface area contributed by atoms with Gasteiger partial charge in [0.05, 0.1) is 4.88 Å². The van der Waals surface area contributed by atoms with Crippen molar-refractivity contribution in [3.8, 4) is 0 Å². The summed E-state index contributed by atoms with van der Waals surface area (Å²) in [7, 11) is 0. The minimum atomic E-state index is -0.459. The standard InChI is InChI=1S/C20H15FN2O2S/c21-15-4-1-3-14(11-15)19(24)22-16-7-6-13-8-9-23(17(13)12-16)20(25)18-5-2-10-26-18/h1-7,10-12H,8-9H2,(H,22,24). The molecule has 2 amide bonds. The summed E-state index contributed by atoms with van der Waals surface area (Å²) in [4.78, 5) is 27.4. The van der Waals surface area contributed by atoms with Crippen LogP contribution in [0.1, 0.15) is 25.6 Å². The number of carbonyl (C=O) groups is 2. The van der Waals surface area contributed by atoms with E-state index < -0.39 is 11.7 Å². The largest absolute Gasteiger partial charge is 0.322 e. The zero-order valence-corrected chi connectivity index (χ0v) is 14.6. The minimum absolute atomic E-state index is 0.0349. The van der Waals surface area contributed by atoms with Gasteiger partial charge in [0.1, 0.15) is 5.82 Å². The van der Waals surface area contributed by atoms with Crippen LogP contribution in [0.4, 0.5) is 15.8 Å². The van der Waals surface area contributed by atoms with Gasteiger partial charge >= 0.3 is 0 Å². The first-order valence-corrected chi connectivity index (χ1v) is 9.05. The van der Waals surface area contributed by atoms with Crippen molar-refractivity contribution in [2.24, 2.45) is 0 Å². The molecule has 4 rings (SSSR count). The zero-order chi connectivity index (χ0) is 18.1. The summed E-state index contributed by atoms with van der Waals surface area (Å²) in [6, 6.07) is 14.7. The Morgan fingerprint density at radius 1 is 1.08 bits per heavy atom. The topological polar surface area (TPSA) is 49.4 Å². The first-order chi connectivity index (χ1) is 12.6. The lowest BCUT2D eigenvalue weighted by molar-refractivity contribution is 0.0991. The zero-order valence-electron chi connectivity index (χ0n) is 13.7. The van der Waals surface area contributed by atoms with E-state index in [1.165, 1.54) is 29.5 Å². The molecule has 0 unspecified atom stereocenters. The van der Waals surface area contributed by atoms with Crippen LogP contribution >= 0.6 is 11.3 Å². The molecule has 26 heavy (non-hydrogen) atoms. The van der Waals surface area contributed by atoms with Gasteiger partial charge in [-0.05, 0) is 53.8 Å². The van der Waals surface area contributed by atoms with Gasteiger partial charge in [-0.25, -0.2) is 4.39 Å². The van der Waals surface area contributed by atoms with E-state index in [9.17, 15) is 14.0 Å². The Kier molecular flexibility index (Phi) is 4.26. The molecule has 0 fully saturated rings. The average Bonchev–Trinajstić information content (AvgIpc) is 3.31. The summed E-state index contributed by atoms with van der Waals surface area (Å²) in [5, 5.41) is 4.64. The molecular formula is C20H15FN2O2S. The Morgan fingerprint density at radius 2 is 1.96 bits per heavy atom. The van der Waals surface area contributed by atoms with Gasteiger partial charge in [0.2, 0.25) is 0 Å². The molecule has 2 aromatic carbocycles. The quantitative estimate of drug-likeness (QED) is 0.749. The minimum Gasteiger partial charge on any atom is -0.322 e.